The van der Waals surface area contributed by atoms with Crippen molar-refractivity contribution in [1.82, 2.24) is 14.8 Å². The first-order valence-corrected chi connectivity index (χ1v) is 11.4. The maximum atomic E-state index is 13.2. The van der Waals surface area contributed by atoms with E-state index in [1.807, 2.05) is 66.9 Å². The lowest BCUT2D eigenvalue weighted by atomic mass is 10.2. The number of aromatic nitrogens is 3. The number of ether oxygens (including phenoxy) is 2. The van der Waals surface area contributed by atoms with Crippen LogP contribution in [0.5, 0.6) is 11.5 Å². The topological polar surface area (TPSA) is 49.2 Å². The first-order chi connectivity index (χ1) is 15.6. The first-order valence-electron chi connectivity index (χ1n) is 10.4. The van der Waals surface area contributed by atoms with Gasteiger partial charge in [-0.15, -0.1) is 10.2 Å². The summed E-state index contributed by atoms with van der Waals surface area (Å²) in [6.45, 7) is 4.76. The van der Waals surface area contributed by atoms with Crippen LogP contribution in [-0.4, -0.2) is 21.4 Å². The molecule has 0 amide bonds. The molecule has 0 radical (unpaired) electrons. The summed E-state index contributed by atoms with van der Waals surface area (Å²) in [5, 5.41) is 9.54. The summed E-state index contributed by atoms with van der Waals surface area (Å²) in [7, 11) is 0. The molecular weight excluding hydrogens is 425 g/mol. The second kappa shape index (κ2) is 10.3. The van der Waals surface area contributed by atoms with Crippen LogP contribution in [0.15, 0.2) is 78.0 Å². The lowest BCUT2D eigenvalue weighted by molar-refractivity contribution is 0.261. The van der Waals surface area contributed by atoms with E-state index in [2.05, 4.69) is 10.2 Å². The van der Waals surface area contributed by atoms with E-state index in [1.165, 1.54) is 12.1 Å². The normalized spacial score (nSPS) is 10.8. The van der Waals surface area contributed by atoms with Gasteiger partial charge in [0.15, 0.2) is 22.5 Å². The van der Waals surface area contributed by atoms with Crippen molar-refractivity contribution in [2.24, 2.45) is 0 Å². The average Bonchev–Trinajstić information content (AvgIpc) is 3.22. The number of hydrogen-bond donors (Lipinski definition) is 0. The zero-order valence-corrected chi connectivity index (χ0v) is 18.8. The van der Waals surface area contributed by atoms with E-state index in [4.69, 9.17) is 9.47 Å². The number of aryl methyl sites for hydroxylation is 1. The van der Waals surface area contributed by atoms with Gasteiger partial charge in [0.2, 0.25) is 0 Å². The molecule has 4 aromatic rings. The largest absolute Gasteiger partial charge is 0.490 e. The highest BCUT2D eigenvalue weighted by atomic mass is 32.2. The van der Waals surface area contributed by atoms with Crippen LogP contribution in [0.25, 0.3) is 5.69 Å². The molecule has 3 aromatic carbocycles. The fourth-order valence-electron chi connectivity index (χ4n) is 3.20. The van der Waals surface area contributed by atoms with E-state index < -0.39 is 0 Å². The number of halogens is 1. The highest BCUT2D eigenvalue weighted by molar-refractivity contribution is 7.98. The number of benzene rings is 3. The van der Waals surface area contributed by atoms with E-state index in [-0.39, 0.29) is 12.4 Å². The van der Waals surface area contributed by atoms with Gasteiger partial charge >= 0.3 is 0 Å². The fraction of sp³-hybridized carbons (Fsp3) is 0.200. The molecule has 4 rings (SSSR count). The molecule has 0 aliphatic rings. The Kier molecular flexibility index (Phi) is 7.07. The van der Waals surface area contributed by atoms with E-state index in [0.717, 1.165) is 22.0 Å². The Labute approximate surface area is 191 Å². The third kappa shape index (κ3) is 5.29. The second-order valence-corrected chi connectivity index (χ2v) is 8.10. The molecule has 0 aliphatic heterocycles. The molecule has 164 valence electrons. The molecule has 0 bridgehead atoms. The van der Waals surface area contributed by atoms with Gasteiger partial charge in [0, 0.05) is 11.4 Å². The van der Waals surface area contributed by atoms with Crippen LogP contribution in [0.3, 0.4) is 0 Å². The fourth-order valence-corrected chi connectivity index (χ4v) is 4.12. The zero-order chi connectivity index (χ0) is 22.3. The molecule has 5 nitrogen and oxygen atoms in total. The summed E-state index contributed by atoms with van der Waals surface area (Å²) in [6, 6.07) is 22.3. The van der Waals surface area contributed by atoms with Gasteiger partial charge in [-0.2, -0.15) is 0 Å². The van der Waals surface area contributed by atoms with Gasteiger partial charge in [-0.05, 0) is 61.4 Å². The molecule has 0 saturated heterocycles. The number of para-hydroxylation sites is 1. The summed E-state index contributed by atoms with van der Waals surface area (Å²) < 4.78 is 27.0. The van der Waals surface area contributed by atoms with Crippen molar-refractivity contribution < 1.29 is 13.9 Å². The molecule has 0 spiro atoms. The maximum Gasteiger partial charge on any atom is 0.196 e. The van der Waals surface area contributed by atoms with Crippen LogP contribution in [0.2, 0.25) is 0 Å². The van der Waals surface area contributed by atoms with Crippen LogP contribution in [0, 0.1) is 12.7 Å². The molecule has 0 aliphatic carbocycles. The molecule has 0 unspecified atom stereocenters. The zero-order valence-electron chi connectivity index (χ0n) is 18.0. The van der Waals surface area contributed by atoms with Crippen molar-refractivity contribution in [3.05, 3.63) is 95.6 Å². The average molecular weight is 450 g/mol. The van der Waals surface area contributed by atoms with E-state index in [0.29, 0.717) is 29.7 Å². The van der Waals surface area contributed by atoms with Gasteiger partial charge in [-0.3, -0.25) is 4.57 Å². The molecule has 32 heavy (non-hydrogen) atoms. The molecule has 1 aromatic heterocycles. The van der Waals surface area contributed by atoms with Gasteiger partial charge in [-0.25, -0.2) is 4.39 Å². The summed E-state index contributed by atoms with van der Waals surface area (Å²) >= 11 is 1.54. The summed E-state index contributed by atoms with van der Waals surface area (Å²) in [5.41, 5.74) is 3.07. The Balaban J connectivity index is 1.58. The Morgan fingerprint density at radius 3 is 2.44 bits per heavy atom. The van der Waals surface area contributed by atoms with Gasteiger partial charge in [0.25, 0.3) is 0 Å². The molecule has 1 heterocycles. The Morgan fingerprint density at radius 2 is 1.69 bits per heavy atom. The Morgan fingerprint density at radius 1 is 0.906 bits per heavy atom. The van der Waals surface area contributed by atoms with Crippen molar-refractivity contribution in [3.8, 4) is 17.2 Å². The van der Waals surface area contributed by atoms with Crippen LogP contribution in [-0.2, 0) is 12.4 Å². The van der Waals surface area contributed by atoms with Crippen molar-refractivity contribution >= 4 is 11.8 Å². The third-order valence-electron chi connectivity index (χ3n) is 4.75. The predicted octanol–water partition coefficient (Wildman–Crippen LogP) is 5.98. The van der Waals surface area contributed by atoms with Crippen molar-refractivity contribution in [2.45, 2.75) is 31.4 Å². The van der Waals surface area contributed by atoms with E-state index >= 15 is 0 Å². The lowest BCUT2D eigenvalue weighted by Gasteiger charge is -2.14. The van der Waals surface area contributed by atoms with Gasteiger partial charge in [0.05, 0.1) is 6.61 Å². The van der Waals surface area contributed by atoms with Crippen LogP contribution >= 0.6 is 11.8 Å². The maximum absolute atomic E-state index is 13.2. The minimum Gasteiger partial charge on any atom is -0.490 e. The number of nitrogens with zero attached hydrogens (tertiary/aromatic N) is 3. The van der Waals surface area contributed by atoms with Gasteiger partial charge in [0.1, 0.15) is 12.4 Å². The van der Waals surface area contributed by atoms with Gasteiger partial charge in [-0.1, -0.05) is 48.2 Å². The van der Waals surface area contributed by atoms with Crippen LogP contribution in [0.1, 0.15) is 23.9 Å². The van der Waals surface area contributed by atoms with Crippen LogP contribution < -0.4 is 9.47 Å². The monoisotopic (exact) mass is 449 g/mol. The number of thioether (sulfide) groups is 1. The summed E-state index contributed by atoms with van der Waals surface area (Å²) in [6.07, 6.45) is 0. The third-order valence-corrected chi connectivity index (χ3v) is 5.75. The lowest BCUT2D eigenvalue weighted by Crippen LogP contribution is -2.07. The Hall–Kier alpha value is -3.32. The van der Waals surface area contributed by atoms with E-state index in [1.54, 1.807) is 23.9 Å². The Bertz CT molecular complexity index is 1160. The molecule has 0 atom stereocenters. The summed E-state index contributed by atoms with van der Waals surface area (Å²) in [4.78, 5) is 0. The van der Waals surface area contributed by atoms with Crippen molar-refractivity contribution in [2.75, 3.05) is 6.61 Å². The molecule has 0 saturated carbocycles. The first kappa shape index (κ1) is 21.9. The van der Waals surface area contributed by atoms with Gasteiger partial charge < -0.3 is 9.47 Å². The highest BCUT2D eigenvalue weighted by Gasteiger charge is 2.16. The van der Waals surface area contributed by atoms with Crippen LogP contribution in [0.4, 0.5) is 4.39 Å². The quantitative estimate of drug-likeness (QED) is 0.294. The second-order valence-electron chi connectivity index (χ2n) is 7.16. The minimum atomic E-state index is -0.242. The smallest absolute Gasteiger partial charge is 0.196 e. The minimum absolute atomic E-state index is 0.238. The molecule has 7 heteroatoms. The van der Waals surface area contributed by atoms with E-state index in [9.17, 15) is 4.39 Å². The van der Waals surface area contributed by atoms with Crippen molar-refractivity contribution in [1.29, 1.82) is 0 Å². The molecule has 0 fully saturated rings. The molecular formula is C25H24FN3O2S. The molecule has 0 N–H and O–H groups in total. The number of rotatable bonds is 9. The summed E-state index contributed by atoms with van der Waals surface area (Å²) in [5.74, 6) is 2.47. The number of hydrogen-bond acceptors (Lipinski definition) is 5. The highest BCUT2D eigenvalue weighted by Crippen LogP contribution is 2.30. The standard InChI is InChI=1S/C25H24FN3O2S/c1-3-30-23-15-18(2)9-14-22(23)31-16-24-27-28-25(29(24)21-7-5-4-6-8-21)32-17-19-10-12-20(26)13-11-19/h4-15H,3,16-17H2,1-2H3. The predicted molar refractivity (Wildman–Crippen MR) is 124 cm³/mol. The SMILES string of the molecule is CCOc1cc(C)ccc1OCc1nnc(SCc2ccc(F)cc2)n1-c1ccccc1. The van der Waals surface area contributed by atoms with Crippen molar-refractivity contribution in [3.63, 3.8) is 0 Å².